The summed E-state index contributed by atoms with van der Waals surface area (Å²) in [4.78, 5) is 11.9. The minimum Gasteiger partial charge on any atom is -0.500 e. The minimum atomic E-state index is -0.494. The van der Waals surface area contributed by atoms with E-state index in [1.807, 2.05) is 13.8 Å². The molecule has 2 rings (SSSR count). The number of aromatic nitrogens is 1. The van der Waals surface area contributed by atoms with E-state index < -0.39 is 5.56 Å². The second-order valence-electron chi connectivity index (χ2n) is 4.59. The third-order valence-electron chi connectivity index (χ3n) is 2.87. The number of fused-ring (bicyclic) bond motifs is 1. The highest BCUT2D eigenvalue weighted by Gasteiger charge is 2.15. The minimum absolute atomic E-state index is 0.0495. The van der Waals surface area contributed by atoms with Crippen LogP contribution in [0.4, 0.5) is 0 Å². The van der Waals surface area contributed by atoms with Crippen molar-refractivity contribution in [1.29, 1.82) is 0 Å². The molecule has 0 aliphatic heterocycles. The number of nitrogens with zero attached hydrogens (tertiary/aromatic N) is 1. The number of aromatic hydroxyl groups is 1. The van der Waals surface area contributed by atoms with Crippen molar-refractivity contribution in [2.45, 2.75) is 20.0 Å². The standard InChI is InChI=1S/C14H17NO4/c1-8(2)19-9-5-6-10-11(7-9)15(3)14(17)12(16)13(10)18-4/h5-8,16H,1-4H3. The van der Waals surface area contributed by atoms with Crippen molar-refractivity contribution in [3.8, 4) is 17.2 Å². The summed E-state index contributed by atoms with van der Waals surface area (Å²) in [5, 5.41) is 10.5. The van der Waals surface area contributed by atoms with E-state index in [1.165, 1.54) is 11.7 Å². The average molecular weight is 263 g/mol. The lowest BCUT2D eigenvalue weighted by Crippen LogP contribution is -2.17. The Hall–Kier alpha value is -2.17. The molecule has 0 saturated carbocycles. The molecular formula is C14H17NO4. The van der Waals surface area contributed by atoms with Gasteiger partial charge in [0.25, 0.3) is 5.56 Å². The van der Waals surface area contributed by atoms with Crippen LogP contribution in [0.2, 0.25) is 0 Å². The van der Waals surface area contributed by atoms with Gasteiger partial charge in [-0.15, -0.1) is 0 Å². The molecule has 0 atom stereocenters. The van der Waals surface area contributed by atoms with Crippen LogP contribution in [0.25, 0.3) is 10.9 Å². The monoisotopic (exact) mass is 263 g/mol. The Morgan fingerprint density at radius 1 is 1.32 bits per heavy atom. The predicted octanol–water partition coefficient (Wildman–Crippen LogP) is 2.04. The number of ether oxygens (including phenoxy) is 2. The molecule has 0 aliphatic rings. The molecule has 19 heavy (non-hydrogen) atoms. The molecule has 1 N–H and O–H groups in total. The zero-order valence-corrected chi connectivity index (χ0v) is 11.4. The number of hydrogen-bond donors (Lipinski definition) is 1. The molecule has 0 radical (unpaired) electrons. The van der Waals surface area contributed by atoms with Gasteiger partial charge in [0.15, 0.2) is 5.75 Å². The van der Waals surface area contributed by atoms with Crippen molar-refractivity contribution in [1.82, 2.24) is 4.57 Å². The van der Waals surface area contributed by atoms with Gasteiger partial charge in [-0.25, -0.2) is 0 Å². The zero-order chi connectivity index (χ0) is 14.2. The van der Waals surface area contributed by atoms with Crippen molar-refractivity contribution in [2.24, 2.45) is 7.05 Å². The highest BCUT2D eigenvalue weighted by molar-refractivity contribution is 5.88. The second-order valence-corrected chi connectivity index (χ2v) is 4.59. The summed E-state index contributed by atoms with van der Waals surface area (Å²) < 4.78 is 12.1. The van der Waals surface area contributed by atoms with E-state index in [4.69, 9.17) is 9.47 Å². The normalized spacial score (nSPS) is 11.0. The first-order chi connectivity index (χ1) is 8.95. The zero-order valence-electron chi connectivity index (χ0n) is 11.4. The summed E-state index contributed by atoms with van der Waals surface area (Å²) in [6.45, 7) is 3.86. The molecule has 1 aromatic carbocycles. The van der Waals surface area contributed by atoms with Crippen LogP contribution in [0.1, 0.15) is 13.8 Å². The van der Waals surface area contributed by atoms with Crippen LogP contribution < -0.4 is 15.0 Å². The van der Waals surface area contributed by atoms with Crippen molar-refractivity contribution >= 4 is 10.9 Å². The maximum absolute atomic E-state index is 11.9. The Morgan fingerprint density at radius 3 is 2.58 bits per heavy atom. The molecule has 0 fully saturated rings. The smallest absolute Gasteiger partial charge is 0.296 e. The molecule has 0 amide bonds. The van der Waals surface area contributed by atoms with Crippen LogP contribution in [0.5, 0.6) is 17.2 Å². The number of pyridine rings is 1. The SMILES string of the molecule is COc1c(O)c(=O)n(C)c2cc(OC(C)C)ccc12. The van der Waals surface area contributed by atoms with Gasteiger partial charge in [0.2, 0.25) is 5.75 Å². The average Bonchev–Trinajstić information content (AvgIpc) is 2.37. The highest BCUT2D eigenvalue weighted by Crippen LogP contribution is 2.33. The van der Waals surface area contributed by atoms with Crippen LogP contribution in [0.3, 0.4) is 0 Å². The second kappa shape index (κ2) is 4.84. The van der Waals surface area contributed by atoms with Crippen LogP contribution in [-0.2, 0) is 7.05 Å². The van der Waals surface area contributed by atoms with Gasteiger partial charge in [0.1, 0.15) is 5.75 Å². The quantitative estimate of drug-likeness (QED) is 0.920. The Balaban J connectivity index is 2.76. The van der Waals surface area contributed by atoms with E-state index in [2.05, 4.69) is 0 Å². The number of rotatable bonds is 3. The number of hydrogen-bond acceptors (Lipinski definition) is 4. The first kappa shape index (κ1) is 13.3. The van der Waals surface area contributed by atoms with E-state index in [0.29, 0.717) is 16.7 Å². The summed E-state index contributed by atoms with van der Waals surface area (Å²) in [6.07, 6.45) is 0.0495. The number of benzene rings is 1. The van der Waals surface area contributed by atoms with Crippen molar-refractivity contribution in [3.05, 3.63) is 28.6 Å². The van der Waals surface area contributed by atoms with E-state index in [9.17, 15) is 9.90 Å². The number of aryl methyl sites for hydroxylation is 1. The molecule has 1 heterocycles. The van der Waals surface area contributed by atoms with Gasteiger partial charge in [-0.3, -0.25) is 4.79 Å². The molecule has 0 spiro atoms. The molecule has 5 heteroatoms. The molecule has 102 valence electrons. The Kier molecular flexibility index (Phi) is 3.38. The molecule has 0 bridgehead atoms. The first-order valence-electron chi connectivity index (χ1n) is 6.02. The molecule has 2 aromatic rings. The van der Waals surface area contributed by atoms with Crippen LogP contribution >= 0.6 is 0 Å². The van der Waals surface area contributed by atoms with Gasteiger partial charge in [-0.05, 0) is 26.0 Å². The lowest BCUT2D eigenvalue weighted by molar-refractivity contribution is 0.242. The van der Waals surface area contributed by atoms with E-state index in [-0.39, 0.29) is 17.6 Å². The number of methoxy groups -OCH3 is 1. The lowest BCUT2D eigenvalue weighted by Gasteiger charge is -2.14. The maximum atomic E-state index is 11.9. The lowest BCUT2D eigenvalue weighted by atomic mass is 10.1. The fraction of sp³-hybridized carbons (Fsp3) is 0.357. The van der Waals surface area contributed by atoms with Crippen LogP contribution in [-0.4, -0.2) is 22.9 Å². The first-order valence-corrected chi connectivity index (χ1v) is 6.02. The van der Waals surface area contributed by atoms with E-state index in [1.54, 1.807) is 25.2 Å². The van der Waals surface area contributed by atoms with Crippen LogP contribution in [0, 0.1) is 0 Å². The molecule has 1 aromatic heterocycles. The third-order valence-corrected chi connectivity index (χ3v) is 2.87. The van der Waals surface area contributed by atoms with Gasteiger partial charge in [-0.2, -0.15) is 0 Å². The molecule has 0 unspecified atom stereocenters. The molecule has 0 aliphatic carbocycles. The van der Waals surface area contributed by atoms with Crippen LogP contribution in [0.15, 0.2) is 23.0 Å². The van der Waals surface area contributed by atoms with E-state index >= 15 is 0 Å². The van der Waals surface area contributed by atoms with Gasteiger partial charge in [-0.1, -0.05) is 0 Å². The summed E-state index contributed by atoms with van der Waals surface area (Å²) in [7, 11) is 3.02. The Bertz CT molecular complexity index is 673. The summed E-state index contributed by atoms with van der Waals surface area (Å²) >= 11 is 0. The molecular weight excluding hydrogens is 246 g/mol. The summed E-state index contributed by atoms with van der Waals surface area (Å²) in [5.74, 6) is 0.481. The fourth-order valence-electron chi connectivity index (χ4n) is 2.03. The van der Waals surface area contributed by atoms with E-state index in [0.717, 1.165) is 0 Å². The summed E-state index contributed by atoms with van der Waals surface area (Å²) in [5.41, 5.74) is 0.156. The van der Waals surface area contributed by atoms with Gasteiger partial charge in [0.05, 0.1) is 18.7 Å². The van der Waals surface area contributed by atoms with Gasteiger partial charge >= 0.3 is 0 Å². The highest BCUT2D eigenvalue weighted by atomic mass is 16.5. The molecule has 0 saturated heterocycles. The third kappa shape index (κ3) is 2.23. The van der Waals surface area contributed by atoms with Crippen molar-refractivity contribution in [3.63, 3.8) is 0 Å². The van der Waals surface area contributed by atoms with Gasteiger partial charge in [0, 0.05) is 18.5 Å². The topological polar surface area (TPSA) is 60.7 Å². The van der Waals surface area contributed by atoms with Gasteiger partial charge < -0.3 is 19.1 Å². The Labute approximate surface area is 111 Å². The largest absolute Gasteiger partial charge is 0.500 e. The fourth-order valence-corrected chi connectivity index (χ4v) is 2.03. The molecule has 5 nitrogen and oxygen atoms in total. The Morgan fingerprint density at radius 2 is 2.00 bits per heavy atom. The van der Waals surface area contributed by atoms with Crippen molar-refractivity contribution < 1.29 is 14.6 Å². The predicted molar refractivity (Wildman–Crippen MR) is 73.2 cm³/mol. The summed E-state index contributed by atoms with van der Waals surface area (Å²) in [6, 6.07) is 5.32. The maximum Gasteiger partial charge on any atom is 0.296 e. The van der Waals surface area contributed by atoms with Crippen molar-refractivity contribution in [2.75, 3.05) is 7.11 Å².